The Balaban J connectivity index is 1.73. The van der Waals surface area contributed by atoms with Gasteiger partial charge < -0.3 is 14.1 Å². The molecule has 1 N–H and O–H groups in total. The first-order chi connectivity index (χ1) is 19.3. The molecule has 208 valence electrons. The van der Waals surface area contributed by atoms with Gasteiger partial charge in [-0.2, -0.15) is 0 Å². The van der Waals surface area contributed by atoms with Crippen LogP contribution in [0.4, 0.5) is 0 Å². The van der Waals surface area contributed by atoms with Gasteiger partial charge in [0.15, 0.2) is 5.82 Å². The number of fused-ring (bicyclic) bond motifs is 1. The van der Waals surface area contributed by atoms with Crippen LogP contribution in [-0.4, -0.2) is 37.2 Å². The number of benzene rings is 2. The van der Waals surface area contributed by atoms with Gasteiger partial charge in [0, 0.05) is 17.6 Å². The van der Waals surface area contributed by atoms with Crippen molar-refractivity contribution in [2.75, 3.05) is 7.11 Å². The topological polar surface area (TPSA) is 102 Å². The quantitative estimate of drug-likeness (QED) is 0.232. The number of aryl methyl sites for hydroxylation is 1. The summed E-state index contributed by atoms with van der Waals surface area (Å²) in [6.07, 6.45) is 3.37. The number of H-pyrrole nitrogens is 1. The highest BCUT2D eigenvalue weighted by Crippen LogP contribution is 2.33. The summed E-state index contributed by atoms with van der Waals surface area (Å²) in [7, 11) is 1.66. The maximum absolute atomic E-state index is 13.8. The molecule has 0 radical (unpaired) electrons. The molecule has 1 atom stereocenters. The summed E-state index contributed by atoms with van der Waals surface area (Å²) in [5, 5.41) is 14.0. The number of nitrogens with one attached hydrogen (secondary N) is 1. The van der Waals surface area contributed by atoms with Crippen molar-refractivity contribution in [3.63, 3.8) is 0 Å². The minimum absolute atomic E-state index is 0.180. The Hall–Kier alpha value is -4.24. The largest absolute Gasteiger partial charge is 0.497 e. The molecular formula is C31H36N6O3. The van der Waals surface area contributed by atoms with E-state index < -0.39 is 6.04 Å². The monoisotopic (exact) mass is 540 g/mol. The number of rotatable bonds is 11. The summed E-state index contributed by atoms with van der Waals surface area (Å²) in [5.41, 5.74) is 3.03. The molecule has 0 saturated heterocycles. The Bertz CT molecular complexity index is 1640. The van der Waals surface area contributed by atoms with Crippen molar-refractivity contribution in [3.8, 4) is 5.75 Å². The maximum Gasteiger partial charge on any atom is 0.253 e. The van der Waals surface area contributed by atoms with Gasteiger partial charge in [-0.15, -0.1) is 5.10 Å². The van der Waals surface area contributed by atoms with Crippen molar-refractivity contribution in [2.24, 2.45) is 0 Å². The Morgan fingerprint density at radius 3 is 2.62 bits per heavy atom. The van der Waals surface area contributed by atoms with Crippen LogP contribution in [-0.2, 0) is 25.0 Å². The third kappa shape index (κ3) is 5.56. The summed E-state index contributed by atoms with van der Waals surface area (Å²) in [6.45, 7) is 9.35. The van der Waals surface area contributed by atoms with E-state index in [4.69, 9.17) is 9.15 Å². The zero-order chi connectivity index (χ0) is 28.3. The molecule has 0 fully saturated rings. The van der Waals surface area contributed by atoms with E-state index in [1.807, 2.05) is 59.3 Å². The molecule has 3 heterocycles. The van der Waals surface area contributed by atoms with Crippen LogP contribution in [0.15, 0.2) is 76.1 Å². The summed E-state index contributed by atoms with van der Waals surface area (Å²) >= 11 is 0. The number of tetrazole rings is 1. The molecule has 40 heavy (non-hydrogen) atoms. The number of aromatic amines is 1. The molecule has 9 nitrogen and oxygen atoms in total. The van der Waals surface area contributed by atoms with Crippen molar-refractivity contribution >= 4 is 10.9 Å². The predicted molar refractivity (Wildman–Crippen MR) is 154 cm³/mol. The molecule has 0 aliphatic rings. The number of aromatic nitrogens is 5. The smallest absolute Gasteiger partial charge is 0.253 e. The number of hydrogen-bond donors (Lipinski definition) is 1. The Labute approximate surface area is 233 Å². The average Bonchev–Trinajstić information content (AvgIpc) is 3.66. The van der Waals surface area contributed by atoms with Crippen molar-refractivity contribution < 1.29 is 9.15 Å². The summed E-state index contributed by atoms with van der Waals surface area (Å²) in [6, 6.07) is 19.3. The molecule has 0 aliphatic heterocycles. The second-order valence-electron chi connectivity index (χ2n) is 10.7. The summed E-state index contributed by atoms with van der Waals surface area (Å²) in [4.78, 5) is 19.1. The standard InChI is InChI=1S/C31H36N6O3/c1-6-21-13-14-27-23(16-21)18-26(30(38)32-27)28(29-33-34-35-37(29)31(3,4)7-2)36(20-25-12-9-15-40-25)19-22-10-8-11-24(17-22)39-5/h8-18,28H,6-7,19-20H2,1-5H3,(H,32,38). The first kappa shape index (κ1) is 27.3. The lowest BCUT2D eigenvalue weighted by Gasteiger charge is -2.33. The molecule has 5 rings (SSSR count). The average molecular weight is 541 g/mol. The van der Waals surface area contributed by atoms with E-state index >= 15 is 0 Å². The van der Waals surface area contributed by atoms with E-state index in [0.717, 1.165) is 40.8 Å². The Morgan fingerprint density at radius 1 is 1.05 bits per heavy atom. The van der Waals surface area contributed by atoms with Gasteiger partial charge in [0.1, 0.15) is 17.6 Å². The highest BCUT2D eigenvalue weighted by atomic mass is 16.5. The minimum Gasteiger partial charge on any atom is -0.497 e. The van der Waals surface area contributed by atoms with E-state index in [1.54, 1.807) is 13.4 Å². The number of hydrogen-bond acceptors (Lipinski definition) is 7. The molecule has 0 spiro atoms. The van der Waals surface area contributed by atoms with Gasteiger partial charge in [-0.05, 0) is 96.1 Å². The highest BCUT2D eigenvalue weighted by molar-refractivity contribution is 5.80. The van der Waals surface area contributed by atoms with Gasteiger partial charge in [-0.1, -0.05) is 32.0 Å². The van der Waals surface area contributed by atoms with Gasteiger partial charge in [-0.3, -0.25) is 9.69 Å². The van der Waals surface area contributed by atoms with Gasteiger partial charge >= 0.3 is 0 Å². The fourth-order valence-corrected chi connectivity index (χ4v) is 4.99. The third-order valence-electron chi connectivity index (χ3n) is 7.64. The zero-order valence-corrected chi connectivity index (χ0v) is 23.7. The van der Waals surface area contributed by atoms with E-state index in [1.165, 1.54) is 5.56 Å². The van der Waals surface area contributed by atoms with Crippen LogP contribution >= 0.6 is 0 Å². The fourth-order valence-electron chi connectivity index (χ4n) is 4.99. The Kier molecular flexibility index (Phi) is 7.84. The lowest BCUT2D eigenvalue weighted by molar-refractivity contribution is 0.168. The van der Waals surface area contributed by atoms with Crippen LogP contribution < -0.4 is 10.3 Å². The van der Waals surface area contributed by atoms with Crippen LogP contribution in [0.25, 0.3) is 10.9 Å². The maximum atomic E-state index is 13.8. The number of methoxy groups -OCH3 is 1. The zero-order valence-electron chi connectivity index (χ0n) is 23.7. The molecule has 0 aliphatic carbocycles. The van der Waals surface area contributed by atoms with Crippen molar-refractivity contribution in [2.45, 2.75) is 65.2 Å². The molecule has 0 bridgehead atoms. The van der Waals surface area contributed by atoms with E-state index in [-0.39, 0.29) is 11.1 Å². The third-order valence-corrected chi connectivity index (χ3v) is 7.64. The van der Waals surface area contributed by atoms with Crippen LogP contribution in [0.5, 0.6) is 5.75 Å². The van der Waals surface area contributed by atoms with E-state index in [9.17, 15) is 4.79 Å². The molecule has 0 amide bonds. The second kappa shape index (κ2) is 11.5. The van der Waals surface area contributed by atoms with Gasteiger partial charge in [0.25, 0.3) is 5.56 Å². The van der Waals surface area contributed by atoms with Gasteiger partial charge in [0.05, 0.1) is 25.5 Å². The lowest BCUT2D eigenvalue weighted by Crippen LogP contribution is -2.38. The van der Waals surface area contributed by atoms with Gasteiger partial charge in [-0.25, -0.2) is 4.68 Å². The number of ether oxygens (including phenoxy) is 1. The lowest BCUT2D eigenvalue weighted by atomic mass is 9.98. The molecule has 5 aromatic rings. The van der Waals surface area contributed by atoms with Crippen molar-refractivity contribution in [1.29, 1.82) is 0 Å². The van der Waals surface area contributed by atoms with Crippen LogP contribution in [0.1, 0.15) is 68.4 Å². The second-order valence-corrected chi connectivity index (χ2v) is 10.7. The summed E-state index contributed by atoms with van der Waals surface area (Å²) < 4.78 is 13.1. The van der Waals surface area contributed by atoms with Gasteiger partial charge in [0.2, 0.25) is 0 Å². The minimum atomic E-state index is -0.574. The SMILES string of the molecule is CCc1ccc2[nH]c(=O)c(C(c3nnnn3C(C)(C)CC)N(Cc3cccc(OC)c3)Cc3ccco3)cc2c1. The summed E-state index contributed by atoms with van der Waals surface area (Å²) in [5.74, 6) is 2.13. The normalized spacial score (nSPS) is 12.8. The molecule has 1 unspecified atom stereocenters. The number of furan rings is 1. The Morgan fingerprint density at radius 2 is 1.90 bits per heavy atom. The molecule has 3 aromatic heterocycles. The highest BCUT2D eigenvalue weighted by Gasteiger charge is 2.35. The predicted octanol–water partition coefficient (Wildman–Crippen LogP) is 5.62. The van der Waals surface area contributed by atoms with Crippen LogP contribution in [0.2, 0.25) is 0 Å². The van der Waals surface area contributed by atoms with Crippen LogP contribution in [0, 0.1) is 0 Å². The first-order valence-corrected chi connectivity index (χ1v) is 13.7. The van der Waals surface area contributed by atoms with E-state index in [2.05, 4.69) is 59.2 Å². The molecule has 0 saturated carbocycles. The van der Waals surface area contributed by atoms with Crippen molar-refractivity contribution in [3.05, 3.63) is 106 Å². The van der Waals surface area contributed by atoms with Crippen LogP contribution in [0.3, 0.4) is 0 Å². The molecular weight excluding hydrogens is 504 g/mol. The fraction of sp³-hybridized carbons (Fsp3) is 0.355. The number of pyridine rings is 1. The van der Waals surface area contributed by atoms with E-state index in [0.29, 0.717) is 24.5 Å². The molecule has 9 heteroatoms. The van der Waals surface area contributed by atoms with Crippen molar-refractivity contribution in [1.82, 2.24) is 30.1 Å². The molecule has 2 aromatic carbocycles. The number of nitrogens with zero attached hydrogens (tertiary/aromatic N) is 5. The first-order valence-electron chi connectivity index (χ1n) is 13.7.